The molecule has 1 aliphatic heterocycles. The molecule has 1 radical (unpaired) electrons. The molecule has 81 valence electrons. The summed E-state index contributed by atoms with van der Waals surface area (Å²) in [7, 11) is 1.80. The number of hydrogen-bond donors (Lipinski definition) is 0. The highest BCUT2D eigenvalue weighted by molar-refractivity contribution is 5.16. The average molecular weight is 204 g/mol. The van der Waals surface area contributed by atoms with Gasteiger partial charge in [-0.15, -0.1) is 0 Å². The normalized spacial score (nSPS) is 26.5. The molecule has 0 aromatic heterocycles. The Bertz CT molecular complexity index is 286. The molecule has 2 nitrogen and oxygen atoms in total. The van der Waals surface area contributed by atoms with Gasteiger partial charge >= 0.3 is 0 Å². The maximum atomic E-state index is 5.40. The standard InChI is InChI=1S/C13H18NO/c1-15-13-7-8-14-12(10-13)9-11-5-3-2-4-6-11/h2-6,12-13H,7-10H2,1H3. The van der Waals surface area contributed by atoms with Crippen molar-refractivity contribution < 1.29 is 4.74 Å². The van der Waals surface area contributed by atoms with Crippen molar-refractivity contribution in [3.05, 3.63) is 35.9 Å². The molecule has 2 heteroatoms. The van der Waals surface area contributed by atoms with Crippen LogP contribution in [-0.2, 0) is 11.2 Å². The zero-order valence-electron chi connectivity index (χ0n) is 9.23. The predicted molar refractivity (Wildman–Crippen MR) is 61.0 cm³/mol. The van der Waals surface area contributed by atoms with Crippen molar-refractivity contribution in [1.82, 2.24) is 5.32 Å². The summed E-state index contributed by atoms with van der Waals surface area (Å²) in [6.45, 7) is 0.954. The molecule has 1 saturated heterocycles. The molecule has 1 fully saturated rings. The molecule has 0 amide bonds. The van der Waals surface area contributed by atoms with Gasteiger partial charge in [0, 0.05) is 19.7 Å². The van der Waals surface area contributed by atoms with Crippen LogP contribution >= 0.6 is 0 Å². The average Bonchev–Trinajstić information content (AvgIpc) is 2.31. The fourth-order valence-electron chi connectivity index (χ4n) is 2.15. The number of benzene rings is 1. The molecule has 1 aromatic carbocycles. The smallest absolute Gasteiger partial charge is 0.0599 e. The SMILES string of the molecule is COC1CC[N]C(Cc2ccccc2)C1. The summed E-state index contributed by atoms with van der Waals surface area (Å²) in [4.78, 5) is 0. The van der Waals surface area contributed by atoms with Crippen molar-refractivity contribution in [2.24, 2.45) is 0 Å². The molecule has 2 atom stereocenters. The molecule has 1 aromatic rings. The summed E-state index contributed by atoms with van der Waals surface area (Å²) in [6.07, 6.45) is 3.63. The van der Waals surface area contributed by atoms with Gasteiger partial charge in [-0.1, -0.05) is 30.3 Å². The lowest BCUT2D eigenvalue weighted by atomic mass is 9.96. The van der Waals surface area contributed by atoms with Crippen molar-refractivity contribution in [1.29, 1.82) is 0 Å². The van der Waals surface area contributed by atoms with E-state index in [1.165, 1.54) is 5.56 Å². The molecule has 0 saturated carbocycles. The molecule has 1 aliphatic rings. The van der Waals surface area contributed by atoms with E-state index in [1.807, 2.05) is 0 Å². The molecule has 2 rings (SSSR count). The van der Waals surface area contributed by atoms with E-state index in [4.69, 9.17) is 4.74 Å². The Kier molecular flexibility index (Phi) is 3.75. The lowest BCUT2D eigenvalue weighted by Crippen LogP contribution is -2.37. The van der Waals surface area contributed by atoms with Crippen molar-refractivity contribution in [3.8, 4) is 0 Å². The monoisotopic (exact) mass is 204 g/mol. The van der Waals surface area contributed by atoms with Gasteiger partial charge in [-0.3, -0.25) is 0 Å². The van der Waals surface area contributed by atoms with Crippen LogP contribution in [0.4, 0.5) is 0 Å². The summed E-state index contributed by atoms with van der Waals surface area (Å²) < 4.78 is 5.40. The Morgan fingerprint density at radius 2 is 2.13 bits per heavy atom. The minimum atomic E-state index is 0.413. The lowest BCUT2D eigenvalue weighted by molar-refractivity contribution is 0.0610. The van der Waals surface area contributed by atoms with Gasteiger partial charge < -0.3 is 4.74 Å². The molecule has 2 unspecified atom stereocenters. The number of rotatable bonds is 3. The third-order valence-electron chi connectivity index (χ3n) is 3.02. The first-order chi connectivity index (χ1) is 7.38. The topological polar surface area (TPSA) is 23.3 Å². The molecule has 0 bridgehead atoms. The Labute approximate surface area is 91.6 Å². The number of ether oxygens (including phenoxy) is 1. The molecular formula is C13H18NO. The van der Waals surface area contributed by atoms with Crippen LogP contribution < -0.4 is 5.32 Å². The highest BCUT2D eigenvalue weighted by atomic mass is 16.5. The second kappa shape index (κ2) is 5.29. The minimum Gasteiger partial charge on any atom is -0.381 e. The maximum absolute atomic E-state index is 5.40. The summed E-state index contributed by atoms with van der Waals surface area (Å²) >= 11 is 0. The first kappa shape index (κ1) is 10.7. The first-order valence-electron chi connectivity index (χ1n) is 5.62. The second-order valence-corrected chi connectivity index (χ2v) is 4.13. The van der Waals surface area contributed by atoms with Gasteiger partial charge in [0.05, 0.1) is 6.10 Å². The summed E-state index contributed by atoms with van der Waals surface area (Å²) in [6, 6.07) is 11.0. The van der Waals surface area contributed by atoms with E-state index in [0.717, 1.165) is 25.8 Å². The van der Waals surface area contributed by atoms with Gasteiger partial charge in [0.1, 0.15) is 0 Å². The van der Waals surface area contributed by atoms with Crippen LogP contribution in [0.1, 0.15) is 18.4 Å². The van der Waals surface area contributed by atoms with Gasteiger partial charge in [0.15, 0.2) is 0 Å². The quantitative estimate of drug-likeness (QED) is 0.738. The first-order valence-corrected chi connectivity index (χ1v) is 5.62. The van der Waals surface area contributed by atoms with Gasteiger partial charge in [-0.2, -0.15) is 0 Å². The van der Waals surface area contributed by atoms with Gasteiger partial charge in [0.2, 0.25) is 0 Å². The van der Waals surface area contributed by atoms with Crippen molar-refractivity contribution in [2.75, 3.05) is 13.7 Å². The van der Waals surface area contributed by atoms with Crippen LogP contribution in [0.3, 0.4) is 0 Å². The van der Waals surface area contributed by atoms with Gasteiger partial charge in [-0.05, 0) is 24.8 Å². The Hall–Kier alpha value is -0.860. The zero-order valence-corrected chi connectivity index (χ0v) is 9.23. The van der Waals surface area contributed by atoms with E-state index < -0.39 is 0 Å². The minimum absolute atomic E-state index is 0.413. The number of piperidine rings is 1. The number of hydrogen-bond acceptors (Lipinski definition) is 1. The van der Waals surface area contributed by atoms with Gasteiger partial charge in [0.25, 0.3) is 0 Å². The Morgan fingerprint density at radius 1 is 1.33 bits per heavy atom. The fourth-order valence-corrected chi connectivity index (χ4v) is 2.15. The lowest BCUT2D eigenvalue weighted by Gasteiger charge is -2.28. The summed E-state index contributed by atoms with van der Waals surface area (Å²) in [5, 5.41) is 4.64. The molecule has 0 aliphatic carbocycles. The molecule has 0 N–H and O–H groups in total. The van der Waals surface area contributed by atoms with E-state index in [0.29, 0.717) is 12.1 Å². The Balaban J connectivity index is 1.89. The van der Waals surface area contributed by atoms with E-state index >= 15 is 0 Å². The largest absolute Gasteiger partial charge is 0.381 e. The third kappa shape index (κ3) is 3.05. The highest BCUT2D eigenvalue weighted by Crippen LogP contribution is 2.16. The zero-order chi connectivity index (χ0) is 10.5. The highest BCUT2D eigenvalue weighted by Gasteiger charge is 2.22. The van der Waals surface area contributed by atoms with Crippen molar-refractivity contribution in [3.63, 3.8) is 0 Å². The summed E-state index contributed by atoms with van der Waals surface area (Å²) in [5.74, 6) is 0. The third-order valence-corrected chi connectivity index (χ3v) is 3.02. The van der Waals surface area contributed by atoms with Gasteiger partial charge in [-0.25, -0.2) is 5.32 Å². The van der Waals surface area contributed by atoms with Crippen LogP contribution in [0.5, 0.6) is 0 Å². The van der Waals surface area contributed by atoms with E-state index in [9.17, 15) is 0 Å². The summed E-state index contributed by atoms with van der Waals surface area (Å²) in [5.41, 5.74) is 1.38. The number of nitrogens with zero attached hydrogens (tertiary/aromatic N) is 1. The molecule has 1 heterocycles. The van der Waals surface area contributed by atoms with Crippen LogP contribution in [0, 0.1) is 0 Å². The Morgan fingerprint density at radius 3 is 2.87 bits per heavy atom. The van der Waals surface area contributed by atoms with Crippen molar-refractivity contribution >= 4 is 0 Å². The second-order valence-electron chi connectivity index (χ2n) is 4.13. The van der Waals surface area contributed by atoms with E-state index in [-0.39, 0.29) is 0 Å². The molecular weight excluding hydrogens is 186 g/mol. The molecule has 15 heavy (non-hydrogen) atoms. The van der Waals surface area contributed by atoms with E-state index in [2.05, 4.69) is 35.6 Å². The van der Waals surface area contributed by atoms with Crippen LogP contribution in [0.2, 0.25) is 0 Å². The van der Waals surface area contributed by atoms with Crippen molar-refractivity contribution in [2.45, 2.75) is 31.4 Å². The van der Waals surface area contributed by atoms with Crippen LogP contribution in [0.15, 0.2) is 30.3 Å². The molecule has 0 spiro atoms. The van der Waals surface area contributed by atoms with E-state index in [1.54, 1.807) is 7.11 Å². The maximum Gasteiger partial charge on any atom is 0.0599 e. The van der Waals surface area contributed by atoms with Crippen LogP contribution in [0.25, 0.3) is 0 Å². The fraction of sp³-hybridized carbons (Fsp3) is 0.538. The predicted octanol–water partition coefficient (Wildman–Crippen LogP) is 2.01. The van der Waals surface area contributed by atoms with Crippen LogP contribution in [-0.4, -0.2) is 25.8 Å². The number of methoxy groups -OCH3 is 1.